The van der Waals surface area contributed by atoms with Crippen molar-refractivity contribution >= 4 is 22.4 Å². The van der Waals surface area contributed by atoms with Crippen LogP contribution in [-0.4, -0.2) is 44.5 Å². The van der Waals surface area contributed by atoms with Gasteiger partial charge < -0.3 is 10.4 Å². The highest BCUT2D eigenvalue weighted by atomic mass is 35.5. The first-order chi connectivity index (χ1) is 7.47. The standard InChI is InChI=1S/C10H22N2O3S.ClH/c1-2-3-7-16(14,15)12-9-10(13)5-4-6-11-8-10;/h11-13H,2-9H2,1H3;1H. The van der Waals surface area contributed by atoms with E-state index in [0.29, 0.717) is 19.4 Å². The number of unbranched alkanes of at least 4 members (excludes halogenated alkanes) is 1. The summed E-state index contributed by atoms with van der Waals surface area (Å²) < 4.78 is 25.5. The topological polar surface area (TPSA) is 78.4 Å². The second-order valence-corrected chi connectivity index (χ2v) is 6.42. The minimum absolute atomic E-state index is 0. The smallest absolute Gasteiger partial charge is 0.211 e. The largest absolute Gasteiger partial charge is 0.387 e. The summed E-state index contributed by atoms with van der Waals surface area (Å²) in [5.74, 6) is 0.146. The van der Waals surface area contributed by atoms with E-state index in [4.69, 9.17) is 0 Å². The van der Waals surface area contributed by atoms with Crippen LogP contribution in [0.5, 0.6) is 0 Å². The van der Waals surface area contributed by atoms with E-state index in [1.165, 1.54) is 0 Å². The SMILES string of the molecule is CCCCS(=O)(=O)NCC1(O)CCCNC1.Cl. The van der Waals surface area contributed by atoms with Crippen molar-refractivity contribution in [2.24, 2.45) is 0 Å². The molecule has 1 aliphatic rings. The van der Waals surface area contributed by atoms with Crippen LogP contribution in [0.2, 0.25) is 0 Å². The minimum atomic E-state index is -3.22. The van der Waals surface area contributed by atoms with Crippen LogP contribution in [0.1, 0.15) is 32.6 Å². The van der Waals surface area contributed by atoms with Crippen molar-refractivity contribution in [3.63, 3.8) is 0 Å². The fraction of sp³-hybridized carbons (Fsp3) is 1.00. The highest BCUT2D eigenvalue weighted by molar-refractivity contribution is 7.89. The summed E-state index contributed by atoms with van der Waals surface area (Å²) in [6.45, 7) is 3.42. The maximum Gasteiger partial charge on any atom is 0.211 e. The van der Waals surface area contributed by atoms with Crippen molar-refractivity contribution in [2.45, 2.75) is 38.2 Å². The second kappa shape index (κ2) is 7.53. The van der Waals surface area contributed by atoms with E-state index in [-0.39, 0.29) is 24.7 Å². The molecule has 1 heterocycles. The zero-order chi connectivity index (χ0) is 12.1. The Kier molecular flexibility index (Phi) is 7.58. The predicted molar refractivity (Wildman–Crippen MR) is 71.0 cm³/mol. The number of nitrogens with one attached hydrogen (secondary N) is 2. The predicted octanol–water partition coefficient (Wildman–Crippen LogP) is 0.242. The van der Waals surface area contributed by atoms with Gasteiger partial charge in [-0.05, 0) is 25.8 Å². The van der Waals surface area contributed by atoms with Crippen LogP contribution in [0.4, 0.5) is 0 Å². The quantitative estimate of drug-likeness (QED) is 0.654. The molecule has 0 bridgehead atoms. The fourth-order valence-corrected chi connectivity index (χ4v) is 3.06. The first-order valence-electron chi connectivity index (χ1n) is 5.88. The van der Waals surface area contributed by atoms with E-state index in [1.807, 2.05) is 6.92 Å². The Morgan fingerprint density at radius 1 is 1.47 bits per heavy atom. The highest BCUT2D eigenvalue weighted by Gasteiger charge is 2.30. The van der Waals surface area contributed by atoms with Crippen LogP contribution in [-0.2, 0) is 10.0 Å². The lowest BCUT2D eigenvalue weighted by Gasteiger charge is -2.32. The number of halogens is 1. The summed E-state index contributed by atoms with van der Waals surface area (Å²) in [6.07, 6.45) is 3.04. The van der Waals surface area contributed by atoms with Gasteiger partial charge in [0.15, 0.2) is 0 Å². The molecule has 7 heteroatoms. The molecule has 0 aliphatic carbocycles. The van der Waals surface area contributed by atoms with E-state index in [1.54, 1.807) is 0 Å². The molecule has 1 aliphatic heterocycles. The normalized spacial score (nSPS) is 25.3. The van der Waals surface area contributed by atoms with Gasteiger partial charge in [-0.2, -0.15) is 0 Å². The van der Waals surface area contributed by atoms with E-state index in [0.717, 1.165) is 19.4 Å². The summed E-state index contributed by atoms with van der Waals surface area (Å²) in [5, 5.41) is 13.1. The molecule has 1 atom stereocenters. The van der Waals surface area contributed by atoms with Crippen molar-refractivity contribution in [1.82, 2.24) is 10.0 Å². The van der Waals surface area contributed by atoms with Gasteiger partial charge >= 0.3 is 0 Å². The van der Waals surface area contributed by atoms with E-state index >= 15 is 0 Å². The average Bonchev–Trinajstić information content (AvgIpc) is 2.25. The molecule has 0 aromatic carbocycles. The van der Waals surface area contributed by atoms with Crippen LogP contribution in [0, 0.1) is 0 Å². The molecule has 1 saturated heterocycles. The first-order valence-corrected chi connectivity index (χ1v) is 7.53. The van der Waals surface area contributed by atoms with Crippen LogP contribution in [0.25, 0.3) is 0 Å². The maximum atomic E-state index is 11.5. The maximum absolute atomic E-state index is 11.5. The number of piperidine rings is 1. The Bertz CT molecular complexity index is 303. The molecular weight excluding hydrogens is 264 g/mol. The molecule has 0 spiro atoms. The number of aliphatic hydroxyl groups is 1. The van der Waals surface area contributed by atoms with Gasteiger partial charge in [0.05, 0.1) is 11.4 Å². The summed E-state index contributed by atoms with van der Waals surface area (Å²) in [6, 6.07) is 0. The van der Waals surface area contributed by atoms with Gasteiger partial charge in [-0.3, -0.25) is 0 Å². The van der Waals surface area contributed by atoms with E-state index < -0.39 is 15.6 Å². The van der Waals surface area contributed by atoms with Crippen molar-refractivity contribution in [3.8, 4) is 0 Å². The summed E-state index contributed by atoms with van der Waals surface area (Å²) >= 11 is 0. The molecular formula is C10H23ClN2O3S. The van der Waals surface area contributed by atoms with Crippen LogP contribution >= 0.6 is 12.4 Å². The van der Waals surface area contributed by atoms with Gasteiger partial charge in [0.1, 0.15) is 0 Å². The van der Waals surface area contributed by atoms with Gasteiger partial charge in [-0.1, -0.05) is 13.3 Å². The third kappa shape index (κ3) is 6.57. The zero-order valence-corrected chi connectivity index (χ0v) is 11.9. The first kappa shape index (κ1) is 17.1. The Morgan fingerprint density at radius 3 is 2.71 bits per heavy atom. The lowest BCUT2D eigenvalue weighted by molar-refractivity contribution is 0.0218. The third-order valence-corrected chi connectivity index (χ3v) is 4.25. The monoisotopic (exact) mass is 286 g/mol. The van der Waals surface area contributed by atoms with E-state index in [9.17, 15) is 13.5 Å². The fourth-order valence-electron chi connectivity index (χ4n) is 1.75. The van der Waals surface area contributed by atoms with Crippen molar-refractivity contribution < 1.29 is 13.5 Å². The molecule has 1 unspecified atom stereocenters. The van der Waals surface area contributed by atoms with Crippen LogP contribution in [0.15, 0.2) is 0 Å². The molecule has 0 aromatic rings. The second-order valence-electron chi connectivity index (χ2n) is 4.50. The molecule has 1 fully saturated rings. The summed E-state index contributed by atoms with van der Waals surface area (Å²) in [4.78, 5) is 0. The van der Waals surface area contributed by atoms with Gasteiger partial charge in [0.25, 0.3) is 0 Å². The molecule has 0 saturated carbocycles. The minimum Gasteiger partial charge on any atom is -0.387 e. The molecule has 104 valence electrons. The number of sulfonamides is 1. The van der Waals surface area contributed by atoms with Crippen molar-refractivity contribution in [2.75, 3.05) is 25.4 Å². The molecule has 0 aromatic heterocycles. The lowest BCUT2D eigenvalue weighted by Crippen LogP contribution is -2.53. The van der Waals surface area contributed by atoms with Gasteiger partial charge in [0, 0.05) is 13.1 Å². The molecule has 5 nitrogen and oxygen atoms in total. The van der Waals surface area contributed by atoms with Crippen molar-refractivity contribution in [3.05, 3.63) is 0 Å². The number of hydrogen-bond acceptors (Lipinski definition) is 4. The Hall–Kier alpha value is 0.120. The summed E-state index contributed by atoms with van der Waals surface area (Å²) in [7, 11) is -3.22. The third-order valence-electron chi connectivity index (χ3n) is 2.84. The highest BCUT2D eigenvalue weighted by Crippen LogP contribution is 2.14. The molecule has 1 rings (SSSR count). The molecule has 17 heavy (non-hydrogen) atoms. The van der Waals surface area contributed by atoms with E-state index in [2.05, 4.69) is 10.0 Å². The van der Waals surface area contributed by atoms with Gasteiger partial charge in [0.2, 0.25) is 10.0 Å². The number of rotatable bonds is 6. The average molecular weight is 287 g/mol. The summed E-state index contributed by atoms with van der Waals surface area (Å²) in [5.41, 5.74) is -0.919. The molecule has 0 radical (unpaired) electrons. The Balaban J connectivity index is 0.00000256. The zero-order valence-electron chi connectivity index (χ0n) is 10.2. The van der Waals surface area contributed by atoms with Gasteiger partial charge in [-0.25, -0.2) is 13.1 Å². The van der Waals surface area contributed by atoms with Crippen LogP contribution in [0.3, 0.4) is 0 Å². The number of β-amino-alcohol motifs (C(OH)–C–C–N with tert-alkyl or cyclic N) is 1. The number of hydrogen-bond donors (Lipinski definition) is 3. The molecule has 3 N–H and O–H groups in total. The van der Waals surface area contributed by atoms with Gasteiger partial charge in [-0.15, -0.1) is 12.4 Å². The Morgan fingerprint density at radius 2 is 2.18 bits per heavy atom. The van der Waals surface area contributed by atoms with Crippen LogP contribution < -0.4 is 10.0 Å². The lowest BCUT2D eigenvalue weighted by atomic mass is 9.95. The Labute approximate surface area is 110 Å². The van der Waals surface area contributed by atoms with Crippen molar-refractivity contribution in [1.29, 1.82) is 0 Å². The molecule has 0 amide bonds.